The minimum atomic E-state index is -4.39. The topological polar surface area (TPSA) is 17.3 Å². The zero-order chi connectivity index (χ0) is 19.2. The van der Waals surface area contributed by atoms with Crippen LogP contribution in [0.2, 0.25) is 13.3 Å². The van der Waals surface area contributed by atoms with E-state index in [9.17, 15) is 13.2 Å². The molecule has 0 amide bonds. The fourth-order valence-electron chi connectivity index (χ4n) is 3.89. The SMILES string of the molecule is CCC[CH2][Sn]([CH2]CCC)([CH2]CCC)[c]1cccn2cc(C(F)(F)F)nc12. The Bertz CT molecular complexity index is 672. The Morgan fingerprint density at radius 2 is 1.50 bits per heavy atom. The number of pyridine rings is 1. The van der Waals surface area contributed by atoms with Crippen LogP contribution < -0.4 is 3.58 Å². The van der Waals surface area contributed by atoms with Gasteiger partial charge in [-0.15, -0.1) is 0 Å². The third-order valence-corrected chi connectivity index (χ3v) is 21.0. The number of nitrogens with zero attached hydrogens (tertiary/aromatic N) is 2. The Morgan fingerprint density at radius 1 is 0.962 bits per heavy atom. The maximum atomic E-state index is 13.2. The van der Waals surface area contributed by atoms with E-state index in [2.05, 4.69) is 31.8 Å². The van der Waals surface area contributed by atoms with Crippen molar-refractivity contribution in [1.82, 2.24) is 9.38 Å². The van der Waals surface area contributed by atoms with Gasteiger partial charge in [-0.25, -0.2) is 0 Å². The average molecular weight is 475 g/mol. The van der Waals surface area contributed by atoms with Crippen LogP contribution in [0.4, 0.5) is 13.2 Å². The molecule has 0 fully saturated rings. The van der Waals surface area contributed by atoms with Crippen molar-refractivity contribution in [3.05, 3.63) is 30.2 Å². The first kappa shape index (κ1) is 21.6. The molecule has 0 radical (unpaired) electrons. The second kappa shape index (κ2) is 9.47. The molecule has 0 saturated heterocycles. The van der Waals surface area contributed by atoms with E-state index in [1.54, 1.807) is 10.6 Å². The summed E-state index contributed by atoms with van der Waals surface area (Å²) in [7, 11) is 0. The minimum absolute atomic E-state index is 0.568. The molecule has 0 aliphatic carbocycles. The standard InChI is InChI=1S/C8H4F3N2.3C4H9.Sn/c9-8(10,11)6-5-13-4-2-1-3-7(13)12-6;3*1-3-4-2;/h1-2,4-5H;3*1,3-4H2,2H3;. The second-order valence-electron chi connectivity index (χ2n) is 7.37. The number of aromatic nitrogens is 2. The Labute approximate surface area is 159 Å². The molecule has 0 spiro atoms. The third kappa shape index (κ3) is 4.96. The molecule has 0 N–H and O–H groups in total. The molecule has 0 bridgehead atoms. The molecule has 2 nitrogen and oxygen atoms in total. The number of rotatable bonds is 10. The van der Waals surface area contributed by atoms with Gasteiger partial charge in [-0.05, 0) is 0 Å². The van der Waals surface area contributed by atoms with Crippen molar-refractivity contribution in [2.45, 2.75) is 78.8 Å². The van der Waals surface area contributed by atoms with Crippen LogP contribution in [0.3, 0.4) is 0 Å². The molecule has 26 heavy (non-hydrogen) atoms. The molecular formula is C20H31F3N2Sn. The van der Waals surface area contributed by atoms with Gasteiger partial charge in [0.15, 0.2) is 0 Å². The first-order chi connectivity index (χ1) is 12.4. The number of hydrogen-bond acceptors (Lipinski definition) is 1. The molecule has 146 valence electrons. The number of hydrogen-bond donors (Lipinski definition) is 0. The van der Waals surface area contributed by atoms with Gasteiger partial charge in [-0.2, -0.15) is 0 Å². The van der Waals surface area contributed by atoms with Gasteiger partial charge in [0.1, 0.15) is 0 Å². The molecule has 0 atom stereocenters. The van der Waals surface area contributed by atoms with Crippen LogP contribution in [-0.4, -0.2) is 27.8 Å². The molecule has 0 saturated carbocycles. The van der Waals surface area contributed by atoms with Gasteiger partial charge in [0.05, 0.1) is 0 Å². The van der Waals surface area contributed by atoms with Crippen molar-refractivity contribution in [3.8, 4) is 0 Å². The van der Waals surface area contributed by atoms with Crippen LogP contribution in [0.25, 0.3) is 5.65 Å². The van der Waals surface area contributed by atoms with Crippen LogP contribution in [0, 0.1) is 0 Å². The summed E-state index contributed by atoms with van der Waals surface area (Å²) in [5, 5.41) is 0. The molecule has 0 aliphatic rings. The zero-order valence-electron chi connectivity index (χ0n) is 16.2. The molecule has 2 aromatic rings. The van der Waals surface area contributed by atoms with E-state index in [1.165, 1.54) is 36.2 Å². The van der Waals surface area contributed by atoms with Crippen LogP contribution in [0.1, 0.15) is 65.0 Å². The van der Waals surface area contributed by atoms with Crippen molar-refractivity contribution in [1.29, 1.82) is 0 Å². The van der Waals surface area contributed by atoms with Crippen molar-refractivity contribution in [2.24, 2.45) is 0 Å². The van der Waals surface area contributed by atoms with Crippen molar-refractivity contribution in [2.75, 3.05) is 0 Å². The van der Waals surface area contributed by atoms with Gasteiger partial charge in [0, 0.05) is 0 Å². The Balaban J connectivity index is 2.58. The van der Waals surface area contributed by atoms with E-state index >= 15 is 0 Å². The Hall–Kier alpha value is -0.721. The summed E-state index contributed by atoms with van der Waals surface area (Å²) in [6.45, 7) is 6.61. The molecule has 2 aromatic heterocycles. The summed E-state index contributed by atoms with van der Waals surface area (Å²) >= 11 is -2.82. The van der Waals surface area contributed by atoms with Crippen molar-refractivity contribution in [3.63, 3.8) is 0 Å². The molecule has 2 heterocycles. The van der Waals surface area contributed by atoms with Crippen LogP contribution in [0.15, 0.2) is 24.5 Å². The summed E-state index contributed by atoms with van der Waals surface area (Å²) in [5.41, 5.74) is -0.203. The molecule has 0 aromatic carbocycles. The number of unbranched alkanes of at least 4 members (excludes halogenated alkanes) is 3. The van der Waals surface area contributed by atoms with Gasteiger partial charge >= 0.3 is 159 Å². The number of halogens is 3. The van der Waals surface area contributed by atoms with E-state index in [-0.39, 0.29) is 0 Å². The third-order valence-electron chi connectivity index (χ3n) is 5.37. The molecule has 0 unspecified atom stereocenters. The zero-order valence-corrected chi connectivity index (χ0v) is 19.1. The second-order valence-corrected chi connectivity index (χ2v) is 20.5. The Kier molecular flexibility index (Phi) is 7.86. The monoisotopic (exact) mass is 476 g/mol. The van der Waals surface area contributed by atoms with Crippen LogP contribution in [-0.2, 0) is 6.18 Å². The maximum absolute atomic E-state index is 13.2. The van der Waals surface area contributed by atoms with Crippen LogP contribution in [0.5, 0.6) is 0 Å². The number of alkyl halides is 3. The van der Waals surface area contributed by atoms with Gasteiger partial charge in [-0.1, -0.05) is 0 Å². The van der Waals surface area contributed by atoms with Gasteiger partial charge < -0.3 is 0 Å². The number of imidazole rings is 1. The predicted molar refractivity (Wildman–Crippen MR) is 105 cm³/mol. The van der Waals surface area contributed by atoms with Gasteiger partial charge in [0.2, 0.25) is 0 Å². The summed E-state index contributed by atoms with van der Waals surface area (Å²) in [6, 6.07) is 4.01. The van der Waals surface area contributed by atoms with Gasteiger partial charge in [0.25, 0.3) is 0 Å². The van der Waals surface area contributed by atoms with Crippen LogP contribution >= 0.6 is 0 Å². The Morgan fingerprint density at radius 3 is 1.96 bits per heavy atom. The van der Waals surface area contributed by atoms with Gasteiger partial charge in [-0.3, -0.25) is 0 Å². The fourth-order valence-corrected chi connectivity index (χ4v) is 20.3. The van der Waals surface area contributed by atoms with Crippen molar-refractivity contribution >= 4 is 27.6 Å². The van der Waals surface area contributed by atoms with E-state index in [0.29, 0.717) is 5.65 Å². The fraction of sp³-hybridized carbons (Fsp3) is 0.650. The van der Waals surface area contributed by atoms with Crippen molar-refractivity contribution < 1.29 is 13.2 Å². The molecule has 0 aliphatic heterocycles. The number of fused-ring (bicyclic) bond motifs is 1. The van der Waals surface area contributed by atoms with E-state index in [1.807, 2.05) is 6.07 Å². The normalized spacial score (nSPS) is 12.8. The predicted octanol–water partition coefficient (Wildman–Crippen LogP) is 6.41. The van der Waals surface area contributed by atoms with E-state index < -0.39 is 30.2 Å². The molecule has 6 heteroatoms. The van der Waals surface area contributed by atoms with E-state index in [4.69, 9.17) is 0 Å². The summed E-state index contributed by atoms with van der Waals surface area (Å²) < 4.78 is 46.1. The first-order valence-corrected chi connectivity index (χ1v) is 17.4. The first-order valence-electron chi connectivity index (χ1n) is 9.93. The van der Waals surface area contributed by atoms with E-state index in [0.717, 1.165) is 25.5 Å². The summed E-state index contributed by atoms with van der Waals surface area (Å²) in [4.78, 5) is 4.06. The average Bonchev–Trinajstić information content (AvgIpc) is 3.06. The molecular weight excluding hydrogens is 444 g/mol. The summed E-state index contributed by atoms with van der Waals surface area (Å²) in [5.74, 6) is 0. The molecule has 2 rings (SSSR count). The summed E-state index contributed by atoms with van der Waals surface area (Å²) in [6.07, 6.45) is 5.42. The quantitative estimate of drug-likeness (QED) is 0.363.